The quantitative estimate of drug-likeness (QED) is 0.648. The summed E-state index contributed by atoms with van der Waals surface area (Å²) in [5, 5.41) is 3.06. The maximum absolute atomic E-state index is 13.0. The largest absolute Gasteiger partial charge is 0.472 e. The molecule has 0 bridgehead atoms. The second kappa shape index (κ2) is 9.65. The van der Waals surface area contributed by atoms with Gasteiger partial charge in [-0.25, -0.2) is 0 Å². The van der Waals surface area contributed by atoms with Gasteiger partial charge in [0.25, 0.3) is 5.91 Å². The first-order chi connectivity index (χ1) is 15.1. The van der Waals surface area contributed by atoms with Gasteiger partial charge < -0.3 is 14.6 Å². The molecule has 1 aliphatic heterocycles. The van der Waals surface area contributed by atoms with Crippen molar-refractivity contribution in [2.75, 3.05) is 13.1 Å². The minimum atomic E-state index is -0.260. The predicted octanol–water partition coefficient (Wildman–Crippen LogP) is 4.40. The van der Waals surface area contributed by atoms with Crippen molar-refractivity contribution in [3.8, 4) is 0 Å². The molecule has 5 nitrogen and oxygen atoms in total. The fourth-order valence-corrected chi connectivity index (χ4v) is 4.22. The van der Waals surface area contributed by atoms with Gasteiger partial charge in [-0.3, -0.25) is 9.59 Å². The highest BCUT2D eigenvalue weighted by atomic mass is 16.3. The molecule has 2 atom stereocenters. The summed E-state index contributed by atoms with van der Waals surface area (Å²) in [6.45, 7) is 3.63. The number of hydrogen-bond donors (Lipinski definition) is 1. The van der Waals surface area contributed by atoms with Gasteiger partial charge in [-0.1, -0.05) is 61.5 Å². The van der Waals surface area contributed by atoms with E-state index in [1.165, 1.54) is 23.7 Å². The summed E-state index contributed by atoms with van der Waals surface area (Å²) in [7, 11) is 0. The van der Waals surface area contributed by atoms with Gasteiger partial charge in [-0.2, -0.15) is 0 Å². The molecular formula is C26H28N2O3. The van der Waals surface area contributed by atoms with Crippen molar-refractivity contribution in [1.29, 1.82) is 0 Å². The smallest absolute Gasteiger partial charge is 0.257 e. The number of aryl methyl sites for hydroxylation is 1. The Labute approximate surface area is 183 Å². The molecule has 160 valence electrons. The molecule has 5 heteroatoms. The third-order valence-electron chi connectivity index (χ3n) is 6.05. The van der Waals surface area contributed by atoms with Crippen LogP contribution in [0.2, 0.25) is 0 Å². The lowest BCUT2D eigenvalue weighted by molar-refractivity contribution is -0.126. The lowest BCUT2D eigenvalue weighted by Gasteiger charge is -2.37. The number of carbonyl (C=O) groups excluding carboxylic acids is 2. The summed E-state index contributed by atoms with van der Waals surface area (Å²) in [5.41, 5.74) is 4.03. The van der Waals surface area contributed by atoms with Crippen LogP contribution in [0.15, 0.2) is 77.6 Å². The zero-order valence-electron chi connectivity index (χ0n) is 17.8. The van der Waals surface area contributed by atoms with Crippen LogP contribution in [0.1, 0.15) is 46.3 Å². The van der Waals surface area contributed by atoms with E-state index >= 15 is 0 Å². The third kappa shape index (κ3) is 5.05. The summed E-state index contributed by atoms with van der Waals surface area (Å²) in [6, 6.07) is 20.1. The van der Waals surface area contributed by atoms with Gasteiger partial charge in [0.15, 0.2) is 0 Å². The normalized spacial score (nSPS) is 18.5. The lowest BCUT2D eigenvalue weighted by Crippen LogP contribution is -2.47. The van der Waals surface area contributed by atoms with E-state index in [4.69, 9.17) is 4.42 Å². The van der Waals surface area contributed by atoms with E-state index in [0.717, 1.165) is 18.4 Å². The van der Waals surface area contributed by atoms with Crippen molar-refractivity contribution in [3.63, 3.8) is 0 Å². The van der Waals surface area contributed by atoms with Crippen molar-refractivity contribution < 1.29 is 14.0 Å². The Hall–Kier alpha value is -3.34. The Kier molecular flexibility index (Phi) is 6.51. The minimum Gasteiger partial charge on any atom is -0.472 e. The van der Waals surface area contributed by atoms with Gasteiger partial charge in [-0.05, 0) is 35.6 Å². The van der Waals surface area contributed by atoms with Crippen LogP contribution in [0.4, 0.5) is 0 Å². The van der Waals surface area contributed by atoms with Crippen molar-refractivity contribution in [3.05, 3.63) is 95.4 Å². The van der Waals surface area contributed by atoms with E-state index in [9.17, 15) is 9.59 Å². The van der Waals surface area contributed by atoms with Crippen LogP contribution in [0.3, 0.4) is 0 Å². The fraction of sp³-hybridized carbons (Fsp3) is 0.308. The molecular weight excluding hydrogens is 388 g/mol. The van der Waals surface area contributed by atoms with Crippen molar-refractivity contribution in [2.45, 2.75) is 32.2 Å². The summed E-state index contributed by atoms with van der Waals surface area (Å²) in [4.78, 5) is 27.8. The molecule has 31 heavy (non-hydrogen) atoms. The molecule has 0 radical (unpaired) electrons. The minimum absolute atomic E-state index is 0.0104. The Morgan fingerprint density at radius 2 is 1.77 bits per heavy atom. The molecule has 2 aromatic carbocycles. The van der Waals surface area contributed by atoms with E-state index in [2.05, 4.69) is 36.5 Å². The zero-order valence-corrected chi connectivity index (χ0v) is 17.8. The highest BCUT2D eigenvalue weighted by Gasteiger charge is 2.35. The summed E-state index contributed by atoms with van der Waals surface area (Å²) < 4.78 is 5.10. The zero-order chi connectivity index (χ0) is 21.6. The van der Waals surface area contributed by atoms with Gasteiger partial charge in [0.05, 0.1) is 17.7 Å². The molecule has 1 aliphatic rings. The molecule has 4 rings (SSSR count). The maximum Gasteiger partial charge on any atom is 0.257 e. The van der Waals surface area contributed by atoms with E-state index in [0.29, 0.717) is 25.2 Å². The molecule has 2 unspecified atom stereocenters. The number of likely N-dealkylation sites (tertiary alicyclic amines) is 1. The topological polar surface area (TPSA) is 62.6 Å². The van der Waals surface area contributed by atoms with Crippen LogP contribution in [-0.2, 0) is 17.8 Å². The van der Waals surface area contributed by atoms with E-state index in [1.807, 2.05) is 30.3 Å². The average molecular weight is 417 g/mol. The molecule has 0 aliphatic carbocycles. The standard InChI is InChI=1S/C26H28N2O3/c1-2-19-8-10-21(11-9-19)23-14-24(25(29)27-15-20-6-4-3-5-7-20)17-28(16-23)26(30)22-12-13-31-18-22/h3-13,18,23-24H,2,14-17H2,1H3,(H,27,29). The number of nitrogens with one attached hydrogen (secondary N) is 1. The number of piperidine rings is 1. The molecule has 1 N–H and O–H groups in total. The Morgan fingerprint density at radius 3 is 2.45 bits per heavy atom. The number of benzene rings is 2. The maximum atomic E-state index is 13.0. The number of nitrogens with zero attached hydrogens (tertiary/aromatic N) is 1. The van der Waals surface area contributed by atoms with Gasteiger partial charge in [0, 0.05) is 25.6 Å². The SMILES string of the molecule is CCc1ccc(C2CC(C(=O)NCc3ccccc3)CN(C(=O)c3ccoc3)C2)cc1. The van der Waals surface area contributed by atoms with Crippen molar-refractivity contribution in [1.82, 2.24) is 10.2 Å². The van der Waals surface area contributed by atoms with Crippen molar-refractivity contribution in [2.24, 2.45) is 5.92 Å². The van der Waals surface area contributed by atoms with Gasteiger partial charge >= 0.3 is 0 Å². The van der Waals surface area contributed by atoms with E-state index in [-0.39, 0.29) is 23.7 Å². The monoisotopic (exact) mass is 416 g/mol. The number of furan rings is 1. The Morgan fingerprint density at radius 1 is 1.00 bits per heavy atom. The molecule has 1 fully saturated rings. The summed E-state index contributed by atoms with van der Waals surface area (Å²) in [6.07, 6.45) is 4.68. The number of rotatable bonds is 6. The molecule has 0 saturated carbocycles. The van der Waals surface area contributed by atoms with Gasteiger partial charge in [0.1, 0.15) is 6.26 Å². The van der Waals surface area contributed by atoms with Crippen LogP contribution in [-0.4, -0.2) is 29.8 Å². The predicted molar refractivity (Wildman–Crippen MR) is 120 cm³/mol. The van der Waals surface area contributed by atoms with Crippen LogP contribution < -0.4 is 5.32 Å². The molecule has 0 spiro atoms. The van der Waals surface area contributed by atoms with E-state index in [1.54, 1.807) is 11.0 Å². The first-order valence-electron chi connectivity index (χ1n) is 10.9. The molecule has 2 heterocycles. The van der Waals surface area contributed by atoms with Gasteiger partial charge in [-0.15, -0.1) is 0 Å². The number of carbonyl (C=O) groups is 2. The van der Waals surface area contributed by atoms with Crippen LogP contribution in [0, 0.1) is 5.92 Å². The highest BCUT2D eigenvalue weighted by Crippen LogP contribution is 2.31. The third-order valence-corrected chi connectivity index (χ3v) is 6.05. The average Bonchev–Trinajstić information content (AvgIpc) is 3.37. The van der Waals surface area contributed by atoms with Crippen molar-refractivity contribution >= 4 is 11.8 Å². The van der Waals surface area contributed by atoms with Crippen LogP contribution in [0.25, 0.3) is 0 Å². The second-order valence-electron chi connectivity index (χ2n) is 8.15. The molecule has 3 aromatic rings. The molecule has 1 saturated heterocycles. The summed E-state index contributed by atoms with van der Waals surface area (Å²) in [5.74, 6) is -0.250. The molecule has 2 amide bonds. The number of hydrogen-bond acceptors (Lipinski definition) is 3. The van der Waals surface area contributed by atoms with Crippen LogP contribution in [0.5, 0.6) is 0 Å². The summed E-state index contributed by atoms with van der Waals surface area (Å²) >= 11 is 0. The first kappa shape index (κ1) is 20.9. The fourth-order valence-electron chi connectivity index (χ4n) is 4.22. The van der Waals surface area contributed by atoms with Gasteiger partial charge in [0.2, 0.25) is 5.91 Å². The Bertz CT molecular complexity index is 997. The lowest BCUT2D eigenvalue weighted by atomic mass is 9.83. The number of amides is 2. The van der Waals surface area contributed by atoms with Crippen LogP contribution >= 0.6 is 0 Å². The second-order valence-corrected chi connectivity index (χ2v) is 8.15. The van der Waals surface area contributed by atoms with E-state index < -0.39 is 0 Å². The highest BCUT2D eigenvalue weighted by molar-refractivity contribution is 5.94. The first-order valence-corrected chi connectivity index (χ1v) is 10.9. The Balaban J connectivity index is 1.51. The molecule has 1 aromatic heterocycles.